The van der Waals surface area contributed by atoms with Gasteiger partial charge in [-0.3, -0.25) is 14.5 Å². The predicted molar refractivity (Wildman–Crippen MR) is 130 cm³/mol. The van der Waals surface area contributed by atoms with Gasteiger partial charge in [0.2, 0.25) is 5.91 Å². The number of anilines is 2. The van der Waals surface area contributed by atoms with Crippen LogP contribution < -0.4 is 15.5 Å². The molecule has 1 spiro atoms. The second-order valence-electron chi connectivity index (χ2n) is 9.58. The van der Waals surface area contributed by atoms with Crippen molar-refractivity contribution < 1.29 is 9.59 Å². The van der Waals surface area contributed by atoms with Crippen molar-refractivity contribution >= 4 is 39.0 Å². The molecule has 6 nitrogen and oxygen atoms in total. The van der Waals surface area contributed by atoms with Gasteiger partial charge in [-0.2, -0.15) is 5.26 Å². The number of rotatable bonds is 1. The number of carbonyl (C=O) groups is 2. The first kappa shape index (κ1) is 21.5. The lowest BCUT2D eigenvalue weighted by atomic mass is 9.60. The van der Waals surface area contributed by atoms with Gasteiger partial charge in [0.15, 0.2) is 5.78 Å². The van der Waals surface area contributed by atoms with Gasteiger partial charge in [-0.1, -0.05) is 48.0 Å². The molecule has 2 aliphatic heterocycles. The van der Waals surface area contributed by atoms with E-state index < -0.39 is 5.41 Å². The number of hydrogen-bond donors (Lipinski definition) is 1. The fourth-order valence-corrected chi connectivity index (χ4v) is 5.81. The summed E-state index contributed by atoms with van der Waals surface area (Å²) in [6.45, 7) is 4.08. The average Bonchev–Trinajstić information content (AvgIpc) is 2.97. The largest absolute Gasteiger partial charge is 0.384 e. The predicted octanol–water partition coefficient (Wildman–Crippen LogP) is 4.52. The number of allylic oxidation sites excluding steroid dienone is 1. The Labute approximate surface area is 201 Å². The van der Waals surface area contributed by atoms with E-state index in [1.807, 2.05) is 62.4 Å². The molecule has 2 aromatic rings. The maximum atomic E-state index is 14.0. The van der Waals surface area contributed by atoms with Gasteiger partial charge in [-0.05, 0) is 42.2 Å². The van der Waals surface area contributed by atoms with E-state index in [0.29, 0.717) is 35.4 Å². The summed E-state index contributed by atoms with van der Waals surface area (Å²) in [6, 6.07) is 17.1. The summed E-state index contributed by atoms with van der Waals surface area (Å²) in [5.41, 5.74) is 8.09. The zero-order chi connectivity index (χ0) is 23.7. The van der Waals surface area contributed by atoms with Crippen LogP contribution in [0.4, 0.5) is 11.4 Å². The van der Waals surface area contributed by atoms with Crippen LogP contribution in [0.3, 0.4) is 0 Å². The molecule has 3 aliphatic rings. The number of nitrogens with zero attached hydrogens (tertiary/aromatic N) is 3. The van der Waals surface area contributed by atoms with E-state index in [2.05, 4.69) is 22.0 Å². The van der Waals surface area contributed by atoms with Gasteiger partial charge >= 0.3 is 0 Å². The van der Waals surface area contributed by atoms with E-state index in [9.17, 15) is 14.9 Å². The highest BCUT2D eigenvalue weighted by Gasteiger charge is 2.62. The maximum absolute atomic E-state index is 14.0. The zero-order valence-electron chi connectivity index (χ0n) is 18.6. The molecule has 7 heteroatoms. The maximum Gasteiger partial charge on any atom is 0.247 e. The summed E-state index contributed by atoms with van der Waals surface area (Å²) in [6.07, 6.45) is 0.837. The standard InChI is InChI=1S/C26H23BrN4O2/c1-25(2)12-20-22(21(32)13-25)26(17-6-4-5-7-19(17)30(3)24(26)33)18(14-28)23(29)31(20)16-10-8-15(27)9-11-16/h4-11H,12-13,29H2,1-3H3. The third kappa shape index (κ3) is 2.77. The first-order chi connectivity index (χ1) is 15.6. The lowest BCUT2D eigenvalue weighted by Crippen LogP contribution is -2.53. The van der Waals surface area contributed by atoms with Gasteiger partial charge in [0.1, 0.15) is 17.3 Å². The molecule has 0 saturated carbocycles. The number of nitriles is 1. The molecule has 166 valence electrons. The molecule has 0 aromatic heterocycles. The number of nitrogens with two attached hydrogens (primary N) is 1. The number of ketones is 1. The number of fused-ring (bicyclic) bond motifs is 3. The van der Waals surface area contributed by atoms with Gasteiger partial charge < -0.3 is 10.6 Å². The molecule has 0 fully saturated rings. The monoisotopic (exact) mass is 502 g/mol. The van der Waals surface area contributed by atoms with E-state index >= 15 is 0 Å². The minimum atomic E-state index is -1.53. The molecule has 1 aliphatic carbocycles. The topological polar surface area (TPSA) is 90.4 Å². The zero-order valence-corrected chi connectivity index (χ0v) is 20.2. The number of carbonyl (C=O) groups excluding carboxylic acids is 2. The van der Waals surface area contributed by atoms with Crippen molar-refractivity contribution in [3.05, 3.63) is 81.2 Å². The van der Waals surface area contributed by atoms with Crippen LogP contribution in [0.15, 0.2) is 75.7 Å². The molecule has 0 bridgehead atoms. The van der Waals surface area contributed by atoms with E-state index in [4.69, 9.17) is 5.73 Å². The SMILES string of the molecule is CN1C(=O)C2(C(C#N)=C(N)N(c3ccc(Br)cc3)C3=C2C(=O)CC(C)(C)C3)c2ccccc21. The first-order valence-electron chi connectivity index (χ1n) is 10.7. The molecule has 2 heterocycles. The summed E-state index contributed by atoms with van der Waals surface area (Å²) in [5.74, 6) is -0.260. The third-order valence-electron chi connectivity index (χ3n) is 6.86. The summed E-state index contributed by atoms with van der Waals surface area (Å²) < 4.78 is 0.901. The summed E-state index contributed by atoms with van der Waals surface area (Å²) >= 11 is 3.46. The van der Waals surface area contributed by atoms with Crippen LogP contribution in [0.2, 0.25) is 0 Å². The highest BCUT2D eigenvalue weighted by molar-refractivity contribution is 9.10. The Hall–Kier alpha value is -3.37. The minimum Gasteiger partial charge on any atom is -0.384 e. The third-order valence-corrected chi connectivity index (χ3v) is 7.39. The van der Waals surface area contributed by atoms with Gasteiger partial charge in [-0.25, -0.2) is 0 Å². The first-order valence-corrected chi connectivity index (χ1v) is 11.5. The number of hydrogen-bond acceptors (Lipinski definition) is 5. The van der Waals surface area contributed by atoms with Crippen molar-refractivity contribution in [1.29, 1.82) is 5.26 Å². The van der Waals surface area contributed by atoms with Gasteiger partial charge in [0, 0.05) is 46.1 Å². The normalized spacial score (nSPS) is 23.7. The van der Waals surface area contributed by atoms with E-state index in [-0.39, 0.29) is 28.5 Å². The van der Waals surface area contributed by atoms with Gasteiger partial charge in [0.05, 0.1) is 5.57 Å². The van der Waals surface area contributed by atoms with Crippen molar-refractivity contribution in [3.8, 4) is 6.07 Å². The van der Waals surface area contributed by atoms with Gasteiger partial charge in [-0.15, -0.1) is 0 Å². The highest BCUT2D eigenvalue weighted by atomic mass is 79.9. The minimum absolute atomic E-state index is 0.0963. The van der Waals surface area contributed by atoms with Crippen LogP contribution in [-0.2, 0) is 15.0 Å². The molecule has 1 unspecified atom stereocenters. The Morgan fingerprint density at radius 1 is 1.06 bits per heavy atom. The molecule has 5 rings (SSSR count). The molecule has 1 amide bonds. The molecule has 0 saturated heterocycles. The van der Waals surface area contributed by atoms with Crippen LogP contribution in [0.5, 0.6) is 0 Å². The summed E-state index contributed by atoms with van der Waals surface area (Å²) in [4.78, 5) is 31.1. The number of benzene rings is 2. The van der Waals surface area contributed by atoms with Crippen LogP contribution in [0.1, 0.15) is 32.3 Å². The van der Waals surface area contributed by atoms with E-state index in [0.717, 1.165) is 10.2 Å². The molecule has 33 heavy (non-hydrogen) atoms. The van der Waals surface area contributed by atoms with Gasteiger partial charge in [0.25, 0.3) is 0 Å². The van der Waals surface area contributed by atoms with E-state index in [1.165, 1.54) is 4.90 Å². The number of amides is 1. The van der Waals surface area contributed by atoms with E-state index in [1.54, 1.807) is 11.9 Å². The number of para-hydroxylation sites is 1. The molecular weight excluding hydrogens is 480 g/mol. The Balaban J connectivity index is 1.91. The van der Waals surface area contributed by atoms with Crippen LogP contribution >= 0.6 is 15.9 Å². The van der Waals surface area contributed by atoms with Crippen LogP contribution in [0.25, 0.3) is 0 Å². The Morgan fingerprint density at radius 3 is 2.39 bits per heavy atom. The Kier molecular flexibility index (Phi) is 4.60. The lowest BCUT2D eigenvalue weighted by Gasteiger charge is -2.46. The van der Waals surface area contributed by atoms with Crippen molar-refractivity contribution in [2.24, 2.45) is 11.1 Å². The fourth-order valence-electron chi connectivity index (χ4n) is 5.55. The second-order valence-corrected chi connectivity index (χ2v) is 10.5. The molecule has 0 radical (unpaired) electrons. The smallest absolute Gasteiger partial charge is 0.247 e. The summed E-state index contributed by atoms with van der Waals surface area (Å²) in [7, 11) is 1.68. The Morgan fingerprint density at radius 2 is 1.73 bits per heavy atom. The second kappa shape index (κ2) is 7.06. The molecular formula is C26H23BrN4O2. The van der Waals surface area contributed by atoms with Crippen molar-refractivity contribution in [3.63, 3.8) is 0 Å². The van der Waals surface area contributed by atoms with Crippen molar-refractivity contribution in [1.82, 2.24) is 0 Å². The molecule has 2 aromatic carbocycles. The quantitative estimate of drug-likeness (QED) is 0.618. The van der Waals surface area contributed by atoms with Crippen molar-refractivity contribution in [2.75, 3.05) is 16.8 Å². The van der Waals surface area contributed by atoms with Crippen molar-refractivity contribution in [2.45, 2.75) is 32.1 Å². The Bertz CT molecular complexity index is 1330. The van der Waals surface area contributed by atoms with Crippen LogP contribution in [-0.4, -0.2) is 18.7 Å². The lowest BCUT2D eigenvalue weighted by molar-refractivity contribution is -0.124. The number of likely N-dealkylation sites (N-methyl/N-ethyl adjacent to an activating group) is 1. The number of Topliss-reactive ketones (excluding diaryl/α,β-unsaturated/α-hetero) is 1. The highest BCUT2D eigenvalue weighted by Crippen LogP contribution is 2.58. The molecule has 2 N–H and O–H groups in total. The molecule has 1 atom stereocenters. The summed E-state index contributed by atoms with van der Waals surface area (Å²) in [5, 5.41) is 10.4. The van der Waals surface area contributed by atoms with Crippen LogP contribution in [0, 0.1) is 16.7 Å². The average molecular weight is 503 g/mol. The fraction of sp³-hybridized carbons (Fsp3) is 0.269. The number of halogens is 1.